The average Bonchev–Trinajstić information content (AvgIpc) is 2.77. The van der Waals surface area contributed by atoms with E-state index in [4.69, 9.17) is 0 Å². The Hall–Kier alpha value is -1.69. The Bertz CT molecular complexity index is 610. The van der Waals surface area contributed by atoms with E-state index < -0.39 is 0 Å². The highest BCUT2D eigenvalue weighted by molar-refractivity contribution is 9.10. The maximum absolute atomic E-state index is 12.2. The molecule has 3 amide bonds. The van der Waals surface area contributed by atoms with Gasteiger partial charge in [0, 0.05) is 36.8 Å². The predicted octanol–water partition coefficient (Wildman–Crippen LogP) is 1.74. The van der Waals surface area contributed by atoms with E-state index in [1.54, 1.807) is 4.90 Å². The number of likely N-dealkylation sites (tertiary alicyclic amines) is 2. The molecule has 2 heterocycles. The zero-order valence-electron chi connectivity index (χ0n) is 12.1. The number of aryl methyl sites for hydroxylation is 1. The fourth-order valence-electron chi connectivity index (χ4n) is 2.92. The van der Waals surface area contributed by atoms with Gasteiger partial charge in [-0.05, 0) is 18.1 Å². The van der Waals surface area contributed by atoms with E-state index in [1.807, 2.05) is 24.3 Å². The lowest BCUT2D eigenvalue weighted by Gasteiger charge is -2.43. The molecule has 2 aliphatic rings. The number of carbonyl (C=O) groups excluding carboxylic acids is 3. The first-order valence-corrected chi connectivity index (χ1v) is 8.21. The fourth-order valence-corrected chi connectivity index (χ4v) is 3.41. The highest BCUT2D eigenvalue weighted by atomic mass is 79.9. The Morgan fingerprint density at radius 2 is 1.77 bits per heavy atom. The maximum atomic E-state index is 12.2. The normalized spacial score (nSPS) is 18.8. The van der Waals surface area contributed by atoms with E-state index in [-0.39, 0.29) is 23.8 Å². The number of imide groups is 1. The standard InChI is InChI=1S/C16H17BrN2O3/c17-13-4-2-1-3-11(13)5-6-14(20)18-9-12(10-18)19-15(21)7-8-16(19)22/h1-4,12H,5-10H2. The van der Waals surface area contributed by atoms with E-state index >= 15 is 0 Å². The van der Waals surface area contributed by atoms with Crippen molar-refractivity contribution in [1.29, 1.82) is 0 Å². The summed E-state index contributed by atoms with van der Waals surface area (Å²) in [5, 5.41) is 0. The molecule has 0 bridgehead atoms. The van der Waals surface area contributed by atoms with Gasteiger partial charge in [-0.15, -0.1) is 0 Å². The Morgan fingerprint density at radius 1 is 1.14 bits per heavy atom. The summed E-state index contributed by atoms with van der Waals surface area (Å²) in [6.07, 6.45) is 1.75. The van der Waals surface area contributed by atoms with Gasteiger partial charge in [0.05, 0.1) is 6.04 Å². The second kappa shape index (κ2) is 6.20. The van der Waals surface area contributed by atoms with Gasteiger partial charge in [0.2, 0.25) is 17.7 Å². The molecule has 0 unspecified atom stereocenters. The highest BCUT2D eigenvalue weighted by Gasteiger charge is 2.42. The topological polar surface area (TPSA) is 57.7 Å². The molecule has 0 radical (unpaired) electrons. The van der Waals surface area contributed by atoms with Crippen LogP contribution in [-0.4, -0.2) is 46.7 Å². The van der Waals surface area contributed by atoms with Gasteiger partial charge in [-0.2, -0.15) is 0 Å². The second-order valence-corrected chi connectivity index (χ2v) is 6.56. The number of halogens is 1. The fraction of sp³-hybridized carbons (Fsp3) is 0.438. The molecule has 0 aromatic heterocycles. The van der Waals surface area contributed by atoms with Crippen molar-refractivity contribution in [1.82, 2.24) is 9.80 Å². The molecule has 2 saturated heterocycles. The van der Waals surface area contributed by atoms with Gasteiger partial charge in [-0.25, -0.2) is 0 Å². The van der Waals surface area contributed by atoms with E-state index in [1.165, 1.54) is 4.90 Å². The van der Waals surface area contributed by atoms with Crippen molar-refractivity contribution in [2.45, 2.75) is 31.7 Å². The van der Waals surface area contributed by atoms with Gasteiger partial charge in [-0.3, -0.25) is 19.3 Å². The van der Waals surface area contributed by atoms with Crippen LogP contribution >= 0.6 is 15.9 Å². The first kappa shape index (κ1) is 15.2. The molecule has 2 aliphatic heterocycles. The van der Waals surface area contributed by atoms with Crippen LogP contribution in [0.15, 0.2) is 28.7 Å². The second-order valence-electron chi connectivity index (χ2n) is 5.70. The molecule has 5 nitrogen and oxygen atoms in total. The van der Waals surface area contributed by atoms with E-state index in [0.29, 0.717) is 38.8 Å². The van der Waals surface area contributed by atoms with Crippen molar-refractivity contribution in [2.24, 2.45) is 0 Å². The van der Waals surface area contributed by atoms with Gasteiger partial charge < -0.3 is 4.90 Å². The quantitative estimate of drug-likeness (QED) is 0.764. The lowest BCUT2D eigenvalue weighted by molar-refractivity contribution is -0.151. The van der Waals surface area contributed by atoms with Crippen molar-refractivity contribution in [3.8, 4) is 0 Å². The summed E-state index contributed by atoms with van der Waals surface area (Å²) in [7, 11) is 0. The number of nitrogens with zero attached hydrogens (tertiary/aromatic N) is 2. The van der Waals surface area contributed by atoms with Crippen molar-refractivity contribution >= 4 is 33.7 Å². The third kappa shape index (κ3) is 2.92. The summed E-state index contributed by atoms with van der Waals surface area (Å²) < 4.78 is 1.01. The molecule has 3 rings (SSSR count). The van der Waals surface area contributed by atoms with E-state index in [9.17, 15) is 14.4 Å². The molecule has 0 saturated carbocycles. The zero-order chi connectivity index (χ0) is 15.7. The Balaban J connectivity index is 1.49. The van der Waals surface area contributed by atoms with Gasteiger partial charge >= 0.3 is 0 Å². The van der Waals surface area contributed by atoms with Crippen molar-refractivity contribution in [2.75, 3.05) is 13.1 Å². The monoisotopic (exact) mass is 364 g/mol. The molecule has 6 heteroatoms. The molecule has 0 atom stereocenters. The van der Waals surface area contributed by atoms with Crippen LogP contribution in [0.3, 0.4) is 0 Å². The van der Waals surface area contributed by atoms with Crippen LogP contribution in [0.25, 0.3) is 0 Å². The minimum atomic E-state index is -0.116. The molecular weight excluding hydrogens is 348 g/mol. The van der Waals surface area contributed by atoms with Crippen LogP contribution in [0.5, 0.6) is 0 Å². The first-order valence-electron chi connectivity index (χ1n) is 7.42. The summed E-state index contributed by atoms with van der Waals surface area (Å²) in [6.45, 7) is 0.957. The number of benzene rings is 1. The maximum Gasteiger partial charge on any atom is 0.230 e. The molecule has 116 valence electrons. The molecule has 1 aromatic carbocycles. The number of hydrogen-bond donors (Lipinski definition) is 0. The summed E-state index contributed by atoms with van der Waals surface area (Å²) >= 11 is 3.48. The third-order valence-electron chi connectivity index (χ3n) is 4.24. The highest BCUT2D eigenvalue weighted by Crippen LogP contribution is 2.24. The zero-order valence-corrected chi connectivity index (χ0v) is 13.7. The molecular formula is C16H17BrN2O3. The van der Waals surface area contributed by atoms with E-state index in [2.05, 4.69) is 15.9 Å². The summed E-state index contributed by atoms with van der Waals surface area (Å²) in [5.74, 6) is -0.128. The molecule has 1 aromatic rings. The van der Waals surface area contributed by atoms with Crippen LogP contribution in [0, 0.1) is 0 Å². The molecule has 0 N–H and O–H groups in total. The van der Waals surface area contributed by atoms with Gasteiger partial charge in [0.25, 0.3) is 0 Å². The van der Waals surface area contributed by atoms with Gasteiger partial charge in [0.1, 0.15) is 0 Å². The molecule has 0 spiro atoms. The predicted molar refractivity (Wildman–Crippen MR) is 83.9 cm³/mol. The van der Waals surface area contributed by atoms with Crippen molar-refractivity contribution in [3.05, 3.63) is 34.3 Å². The molecule has 2 fully saturated rings. The number of rotatable bonds is 4. The molecule has 22 heavy (non-hydrogen) atoms. The van der Waals surface area contributed by atoms with Crippen molar-refractivity contribution < 1.29 is 14.4 Å². The minimum absolute atomic E-state index is 0.0751. The lowest BCUT2D eigenvalue weighted by atomic mass is 10.0. The summed E-state index contributed by atoms with van der Waals surface area (Å²) in [4.78, 5) is 38.5. The smallest absolute Gasteiger partial charge is 0.230 e. The third-order valence-corrected chi connectivity index (χ3v) is 5.01. The van der Waals surface area contributed by atoms with Crippen LogP contribution in [0.1, 0.15) is 24.8 Å². The minimum Gasteiger partial charge on any atom is -0.338 e. The Labute approximate surface area is 137 Å². The van der Waals surface area contributed by atoms with E-state index in [0.717, 1.165) is 10.0 Å². The number of hydrogen-bond acceptors (Lipinski definition) is 3. The van der Waals surface area contributed by atoms with Gasteiger partial charge in [-0.1, -0.05) is 34.1 Å². The Morgan fingerprint density at radius 3 is 2.41 bits per heavy atom. The number of carbonyl (C=O) groups is 3. The molecule has 0 aliphatic carbocycles. The van der Waals surface area contributed by atoms with Gasteiger partial charge in [0.15, 0.2) is 0 Å². The number of amides is 3. The largest absolute Gasteiger partial charge is 0.338 e. The van der Waals surface area contributed by atoms with Crippen LogP contribution in [-0.2, 0) is 20.8 Å². The Kier molecular flexibility index (Phi) is 4.29. The SMILES string of the molecule is O=C(CCc1ccccc1Br)N1CC(N2C(=O)CCC2=O)C1. The first-order chi connectivity index (χ1) is 10.6. The summed E-state index contributed by atoms with van der Waals surface area (Å²) in [6, 6.07) is 7.74. The summed E-state index contributed by atoms with van der Waals surface area (Å²) in [5.41, 5.74) is 1.11. The van der Waals surface area contributed by atoms with Crippen molar-refractivity contribution in [3.63, 3.8) is 0 Å². The average molecular weight is 365 g/mol. The van der Waals surface area contributed by atoms with Crippen LogP contribution in [0.2, 0.25) is 0 Å². The lowest BCUT2D eigenvalue weighted by Crippen LogP contribution is -2.62. The van der Waals surface area contributed by atoms with Crippen LogP contribution in [0.4, 0.5) is 0 Å². The van der Waals surface area contributed by atoms with Crippen LogP contribution < -0.4 is 0 Å².